The van der Waals surface area contributed by atoms with E-state index in [-0.39, 0.29) is 0 Å². The number of benzene rings is 1. The van der Waals surface area contributed by atoms with Crippen LogP contribution in [-0.2, 0) is 4.74 Å². The molecule has 1 aromatic rings. The van der Waals surface area contributed by atoms with Crippen LogP contribution >= 0.6 is 12.2 Å². The van der Waals surface area contributed by atoms with E-state index in [1.807, 2.05) is 18.2 Å². The van der Waals surface area contributed by atoms with Gasteiger partial charge in [-0.2, -0.15) is 0 Å². The average molecular weight is 274 g/mol. The van der Waals surface area contributed by atoms with E-state index in [1.54, 1.807) is 0 Å². The van der Waals surface area contributed by atoms with Gasteiger partial charge in [-0.3, -0.25) is 0 Å². The highest BCUT2D eigenvalue weighted by Crippen LogP contribution is 2.47. The number of nitrogens with zero attached hydrogens (tertiary/aromatic N) is 1. The highest BCUT2D eigenvalue weighted by molar-refractivity contribution is 7.80. The van der Waals surface area contributed by atoms with Crippen LogP contribution in [-0.4, -0.2) is 35.3 Å². The van der Waals surface area contributed by atoms with Gasteiger partial charge in [0.25, 0.3) is 0 Å². The van der Waals surface area contributed by atoms with Crippen molar-refractivity contribution in [2.45, 2.75) is 25.0 Å². The number of likely N-dealkylation sites (tertiary alicyclic amines) is 1. The Morgan fingerprint density at radius 2 is 1.74 bits per heavy atom. The molecule has 0 unspecified atom stereocenters. The molecule has 3 aliphatic heterocycles. The van der Waals surface area contributed by atoms with Crippen LogP contribution in [0, 0.1) is 11.8 Å². The highest BCUT2D eigenvalue weighted by Gasteiger charge is 2.53. The van der Waals surface area contributed by atoms with Crippen molar-refractivity contribution in [1.29, 1.82) is 0 Å². The van der Waals surface area contributed by atoms with E-state index in [0.29, 0.717) is 24.0 Å². The number of fused-ring (bicyclic) bond motifs is 5. The maximum Gasteiger partial charge on any atom is 0.173 e. The first kappa shape index (κ1) is 11.7. The Morgan fingerprint density at radius 1 is 1.11 bits per heavy atom. The largest absolute Gasteiger partial charge is 0.374 e. The number of nitrogens with one attached hydrogen (secondary N) is 1. The standard InChI is InChI=1S/C15H18N2OS/c19-15(16-10-4-2-1-3-5-10)17-8-11-12(9-17)14-7-6-13(11)18-14/h1-5,11-14H,6-9H2,(H,16,19)/t11-,12+,13-,14-/m0/s1. The highest BCUT2D eigenvalue weighted by atomic mass is 32.1. The Morgan fingerprint density at radius 3 is 2.37 bits per heavy atom. The Balaban J connectivity index is 1.43. The fraction of sp³-hybridized carbons (Fsp3) is 0.533. The third kappa shape index (κ3) is 1.94. The molecule has 4 atom stereocenters. The van der Waals surface area contributed by atoms with E-state index < -0.39 is 0 Å². The van der Waals surface area contributed by atoms with Crippen molar-refractivity contribution >= 4 is 23.0 Å². The molecule has 0 saturated carbocycles. The maximum absolute atomic E-state index is 6.00. The molecule has 0 aromatic heterocycles. The van der Waals surface area contributed by atoms with Crippen molar-refractivity contribution in [1.82, 2.24) is 4.90 Å². The van der Waals surface area contributed by atoms with Gasteiger partial charge < -0.3 is 15.0 Å². The maximum atomic E-state index is 6.00. The molecular formula is C15H18N2OS. The van der Waals surface area contributed by atoms with Crippen LogP contribution in [0.25, 0.3) is 0 Å². The molecule has 3 aliphatic rings. The first-order valence-corrected chi connectivity index (χ1v) is 7.48. The van der Waals surface area contributed by atoms with Gasteiger partial charge in [0.05, 0.1) is 12.2 Å². The number of rotatable bonds is 1. The first-order valence-electron chi connectivity index (χ1n) is 7.08. The molecule has 3 fully saturated rings. The van der Waals surface area contributed by atoms with Crippen LogP contribution in [0.2, 0.25) is 0 Å². The lowest BCUT2D eigenvalue weighted by Crippen LogP contribution is -2.34. The number of hydrogen-bond acceptors (Lipinski definition) is 2. The summed E-state index contributed by atoms with van der Waals surface area (Å²) in [5.41, 5.74) is 1.07. The molecule has 1 aromatic carbocycles. The van der Waals surface area contributed by atoms with Crippen LogP contribution in [0.1, 0.15) is 12.8 Å². The number of thiocarbonyl (C=S) groups is 1. The van der Waals surface area contributed by atoms with Crippen molar-refractivity contribution < 1.29 is 4.74 Å². The van der Waals surface area contributed by atoms with Gasteiger partial charge in [0.2, 0.25) is 0 Å². The van der Waals surface area contributed by atoms with Gasteiger partial charge in [0.15, 0.2) is 5.11 Å². The normalized spacial score (nSPS) is 35.5. The molecule has 3 nitrogen and oxygen atoms in total. The van der Waals surface area contributed by atoms with Gasteiger partial charge in [-0.05, 0) is 37.2 Å². The van der Waals surface area contributed by atoms with Gasteiger partial charge in [-0.25, -0.2) is 0 Å². The summed E-state index contributed by atoms with van der Waals surface area (Å²) in [5, 5.41) is 4.20. The molecule has 4 rings (SSSR count). The Bertz CT molecular complexity index is 474. The predicted molar refractivity (Wildman–Crippen MR) is 79.1 cm³/mol. The van der Waals surface area contributed by atoms with Crippen molar-refractivity contribution in [3.8, 4) is 0 Å². The lowest BCUT2D eigenvalue weighted by molar-refractivity contribution is 0.0771. The fourth-order valence-corrected chi connectivity index (χ4v) is 4.12. The average Bonchev–Trinajstić information content (AvgIpc) is 3.12. The number of para-hydroxylation sites is 1. The van der Waals surface area contributed by atoms with Gasteiger partial charge in [0.1, 0.15) is 0 Å². The summed E-state index contributed by atoms with van der Waals surface area (Å²) in [6.07, 6.45) is 3.50. The summed E-state index contributed by atoms with van der Waals surface area (Å²) >= 11 is 5.55. The van der Waals surface area contributed by atoms with Crippen LogP contribution in [0.3, 0.4) is 0 Å². The molecule has 2 bridgehead atoms. The SMILES string of the molecule is S=C(Nc1ccccc1)N1C[C@@H]2[C@H](C1)[C@@H]1CC[C@@H]2O1. The van der Waals surface area contributed by atoms with E-state index >= 15 is 0 Å². The quantitative estimate of drug-likeness (QED) is 0.795. The molecular weight excluding hydrogens is 256 g/mol. The summed E-state index contributed by atoms with van der Waals surface area (Å²) in [6.45, 7) is 2.12. The molecule has 1 N–H and O–H groups in total. The Hall–Kier alpha value is -1.13. The monoisotopic (exact) mass is 274 g/mol. The Labute approximate surface area is 118 Å². The molecule has 0 amide bonds. The van der Waals surface area contributed by atoms with E-state index in [0.717, 1.165) is 23.9 Å². The summed E-state index contributed by atoms with van der Waals surface area (Å²) in [6, 6.07) is 10.2. The van der Waals surface area contributed by atoms with Crippen LogP contribution < -0.4 is 5.32 Å². The fourth-order valence-electron chi connectivity index (χ4n) is 3.85. The van der Waals surface area contributed by atoms with Gasteiger partial charge >= 0.3 is 0 Å². The summed E-state index contributed by atoms with van der Waals surface area (Å²) in [7, 11) is 0. The van der Waals surface area contributed by atoms with Crippen molar-refractivity contribution in [2.24, 2.45) is 11.8 Å². The molecule has 3 saturated heterocycles. The number of hydrogen-bond donors (Lipinski definition) is 1. The molecule has 0 spiro atoms. The zero-order chi connectivity index (χ0) is 12.8. The second kappa shape index (κ2) is 4.46. The summed E-state index contributed by atoms with van der Waals surface area (Å²) < 4.78 is 6.00. The molecule has 0 radical (unpaired) electrons. The number of anilines is 1. The first-order chi connectivity index (χ1) is 9.31. The third-order valence-electron chi connectivity index (χ3n) is 4.76. The van der Waals surface area contributed by atoms with Gasteiger partial charge in [-0.15, -0.1) is 0 Å². The lowest BCUT2D eigenvalue weighted by Gasteiger charge is -2.22. The minimum atomic E-state index is 0.500. The number of ether oxygens (including phenoxy) is 1. The van der Waals surface area contributed by atoms with Crippen LogP contribution in [0.15, 0.2) is 30.3 Å². The molecule has 0 aliphatic carbocycles. The molecule has 100 valence electrons. The lowest BCUT2D eigenvalue weighted by atomic mass is 9.82. The minimum Gasteiger partial charge on any atom is -0.374 e. The van der Waals surface area contributed by atoms with E-state index in [1.165, 1.54) is 12.8 Å². The van der Waals surface area contributed by atoms with Crippen molar-refractivity contribution in [2.75, 3.05) is 18.4 Å². The molecule has 3 heterocycles. The second-order valence-corrected chi connectivity index (χ2v) is 6.21. The zero-order valence-corrected chi connectivity index (χ0v) is 11.6. The van der Waals surface area contributed by atoms with E-state index in [4.69, 9.17) is 17.0 Å². The molecule has 4 heteroatoms. The van der Waals surface area contributed by atoms with Crippen LogP contribution in [0.5, 0.6) is 0 Å². The van der Waals surface area contributed by atoms with Crippen LogP contribution in [0.4, 0.5) is 5.69 Å². The predicted octanol–water partition coefficient (Wildman–Crippen LogP) is 2.49. The second-order valence-electron chi connectivity index (χ2n) is 5.82. The summed E-state index contributed by atoms with van der Waals surface area (Å²) in [5.74, 6) is 1.41. The van der Waals surface area contributed by atoms with E-state index in [2.05, 4.69) is 22.3 Å². The zero-order valence-electron chi connectivity index (χ0n) is 10.8. The Kier molecular flexibility index (Phi) is 2.74. The van der Waals surface area contributed by atoms with Crippen molar-refractivity contribution in [3.05, 3.63) is 30.3 Å². The molecule has 19 heavy (non-hydrogen) atoms. The minimum absolute atomic E-state index is 0.500. The summed E-state index contributed by atoms with van der Waals surface area (Å²) in [4.78, 5) is 2.32. The smallest absolute Gasteiger partial charge is 0.173 e. The third-order valence-corrected chi connectivity index (χ3v) is 5.13. The van der Waals surface area contributed by atoms with E-state index in [9.17, 15) is 0 Å². The topological polar surface area (TPSA) is 24.5 Å². The van der Waals surface area contributed by atoms with Crippen molar-refractivity contribution in [3.63, 3.8) is 0 Å². The van der Waals surface area contributed by atoms with Gasteiger partial charge in [-0.1, -0.05) is 18.2 Å². The van der Waals surface area contributed by atoms with Gasteiger partial charge in [0, 0.05) is 30.6 Å².